The van der Waals surface area contributed by atoms with Gasteiger partial charge in [-0.15, -0.1) is 0 Å². The maximum atomic E-state index is 12.6. The summed E-state index contributed by atoms with van der Waals surface area (Å²) in [4.78, 5) is 18.4. The zero-order valence-electron chi connectivity index (χ0n) is 15.0. The van der Waals surface area contributed by atoms with E-state index in [2.05, 4.69) is 53.4 Å². The Bertz CT molecular complexity index is 867. The number of amides is 1. The molecule has 0 saturated carbocycles. The molecule has 2 heterocycles. The van der Waals surface area contributed by atoms with E-state index in [1.165, 1.54) is 33.3 Å². The molecule has 25 heavy (non-hydrogen) atoms. The molecule has 1 amide bonds. The fraction of sp³-hybridized carbons (Fsp3) is 0.450. The Labute approximate surface area is 147 Å². The Hall–Kier alpha value is -2.11. The number of aliphatic hydroxyl groups excluding tert-OH is 1. The minimum absolute atomic E-state index is 0.0115. The van der Waals surface area contributed by atoms with Gasteiger partial charge in [0, 0.05) is 35.2 Å². The summed E-state index contributed by atoms with van der Waals surface area (Å²) < 4.78 is 0. The highest BCUT2D eigenvalue weighted by Gasteiger charge is 2.36. The first-order chi connectivity index (χ1) is 12.0. The zero-order valence-corrected chi connectivity index (χ0v) is 15.0. The van der Waals surface area contributed by atoms with Crippen LogP contribution in [0.15, 0.2) is 24.3 Å². The average molecular weight is 339 g/mol. The van der Waals surface area contributed by atoms with Crippen molar-refractivity contribution in [2.75, 3.05) is 20.2 Å². The molecule has 0 bridgehead atoms. The second-order valence-corrected chi connectivity index (χ2v) is 7.44. The number of likely N-dealkylation sites (N-methyl/N-ethyl adjacent to an activating group) is 1. The summed E-state index contributed by atoms with van der Waals surface area (Å²) in [5.74, 6) is -0.204. The van der Waals surface area contributed by atoms with Gasteiger partial charge in [-0.05, 0) is 50.1 Å². The van der Waals surface area contributed by atoms with Crippen LogP contribution in [-0.4, -0.2) is 53.2 Å². The summed E-state index contributed by atoms with van der Waals surface area (Å²) in [7, 11) is 2.10. The number of hydrogen-bond donors (Lipinski definition) is 3. The molecule has 0 spiro atoms. The highest BCUT2D eigenvalue weighted by Crippen LogP contribution is 2.41. The molecule has 4 rings (SSSR count). The van der Waals surface area contributed by atoms with E-state index in [-0.39, 0.29) is 24.5 Å². The number of hydrogen-bond acceptors (Lipinski definition) is 3. The number of aliphatic hydroxyl groups is 1. The van der Waals surface area contributed by atoms with Crippen molar-refractivity contribution in [2.24, 2.45) is 5.92 Å². The van der Waals surface area contributed by atoms with Gasteiger partial charge in [0.25, 0.3) is 0 Å². The lowest BCUT2D eigenvalue weighted by Gasteiger charge is -2.39. The maximum absolute atomic E-state index is 12.6. The Balaban J connectivity index is 1.78. The first-order valence-corrected chi connectivity index (χ1v) is 8.93. The molecule has 3 atom stereocenters. The Kier molecular flexibility index (Phi) is 3.93. The molecule has 0 radical (unpaired) electrons. The molecule has 0 saturated heterocycles. The summed E-state index contributed by atoms with van der Waals surface area (Å²) in [6, 6.07) is 6.46. The first kappa shape index (κ1) is 16.4. The molecule has 1 aromatic carbocycles. The fourth-order valence-corrected chi connectivity index (χ4v) is 4.28. The van der Waals surface area contributed by atoms with Crippen LogP contribution >= 0.6 is 0 Å². The van der Waals surface area contributed by atoms with Gasteiger partial charge >= 0.3 is 0 Å². The van der Waals surface area contributed by atoms with E-state index < -0.39 is 0 Å². The number of fused-ring (bicyclic) bond motifs is 2. The van der Waals surface area contributed by atoms with Crippen molar-refractivity contribution >= 4 is 22.4 Å². The molecule has 5 heteroatoms. The number of aryl methyl sites for hydroxylation is 1. The topological polar surface area (TPSA) is 68.4 Å². The van der Waals surface area contributed by atoms with Gasteiger partial charge < -0.3 is 15.4 Å². The van der Waals surface area contributed by atoms with E-state index in [4.69, 9.17) is 0 Å². The number of nitrogens with zero attached hydrogens (tertiary/aromatic N) is 1. The minimum atomic E-state index is -0.220. The fourth-order valence-electron chi connectivity index (χ4n) is 4.28. The van der Waals surface area contributed by atoms with E-state index in [9.17, 15) is 9.90 Å². The normalized spacial score (nSPS) is 23.9. The van der Waals surface area contributed by atoms with Crippen molar-refractivity contribution in [3.63, 3.8) is 0 Å². The monoisotopic (exact) mass is 339 g/mol. The van der Waals surface area contributed by atoms with Crippen molar-refractivity contribution in [2.45, 2.75) is 32.4 Å². The molecule has 1 aromatic heterocycles. The lowest BCUT2D eigenvalue weighted by Crippen LogP contribution is -2.48. The summed E-state index contributed by atoms with van der Waals surface area (Å²) in [5.41, 5.74) is 6.31. The number of nitrogens with one attached hydrogen (secondary N) is 2. The summed E-state index contributed by atoms with van der Waals surface area (Å²) in [6.45, 7) is 4.62. The highest BCUT2D eigenvalue weighted by molar-refractivity contribution is 6.00. The third-order valence-electron chi connectivity index (χ3n) is 5.61. The van der Waals surface area contributed by atoms with Crippen LogP contribution in [0.3, 0.4) is 0 Å². The Morgan fingerprint density at radius 1 is 1.48 bits per heavy atom. The third-order valence-corrected chi connectivity index (χ3v) is 5.61. The van der Waals surface area contributed by atoms with E-state index in [0.717, 1.165) is 6.42 Å². The predicted molar refractivity (Wildman–Crippen MR) is 99.3 cm³/mol. The first-order valence-electron chi connectivity index (χ1n) is 8.93. The molecule has 2 aliphatic rings. The van der Waals surface area contributed by atoms with E-state index in [1.54, 1.807) is 0 Å². The summed E-state index contributed by atoms with van der Waals surface area (Å²) in [5, 5.41) is 13.4. The molecule has 1 aliphatic carbocycles. The van der Waals surface area contributed by atoms with Crippen LogP contribution in [0, 0.1) is 12.8 Å². The number of aromatic nitrogens is 1. The van der Waals surface area contributed by atoms with Crippen LogP contribution in [0.4, 0.5) is 0 Å². The second-order valence-electron chi connectivity index (χ2n) is 7.44. The van der Waals surface area contributed by atoms with Gasteiger partial charge in [-0.25, -0.2) is 0 Å². The molecule has 3 N–H and O–H groups in total. The summed E-state index contributed by atoms with van der Waals surface area (Å²) in [6.07, 6.45) is 3.12. The van der Waals surface area contributed by atoms with E-state index >= 15 is 0 Å². The molecule has 0 fully saturated rings. The van der Waals surface area contributed by atoms with Crippen molar-refractivity contribution in [3.05, 3.63) is 41.1 Å². The smallest absolute Gasteiger partial charge is 0.228 e. The van der Waals surface area contributed by atoms with Gasteiger partial charge in [-0.2, -0.15) is 0 Å². The molecule has 1 aliphatic heterocycles. The van der Waals surface area contributed by atoms with Crippen LogP contribution in [-0.2, 0) is 11.2 Å². The molecule has 2 unspecified atom stereocenters. The third kappa shape index (κ3) is 2.58. The number of aromatic amines is 1. The van der Waals surface area contributed by atoms with Gasteiger partial charge in [0.15, 0.2) is 0 Å². The van der Waals surface area contributed by atoms with Crippen LogP contribution in [0.25, 0.3) is 16.5 Å². The minimum Gasteiger partial charge on any atom is -0.394 e. The number of carbonyl (C=O) groups is 1. The van der Waals surface area contributed by atoms with Gasteiger partial charge in [-0.3, -0.25) is 9.69 Å². The van der Waals surface area contributed by atoms with Gasteiger partial charge in [-0.1, -0.05) is 18.2 Å². The van der Waals surface area contributed by atoms with Crippen molar-refractivity contribution in [1.29, 1.82) is 0 Å². The molecular weight excluding hydrogens is 314 g/mol. The van der Waals surface area contributed by atoms with Crippen molar-refractivity contribution in [1.82, 2.24) is 15.2 Å². The number of rotatable bonds is 3. The van der Waals surface area contributed by atoms with Crippen molar-refractivity contribution in [3.8, 4) is 0 Å². The van der Waals surface area contributed by atoms with Crippen molar-refractivity contribution < 1.29 is 9.90 Å². The number of benzene rings is 1. The molecule has 132 valence electrons. The molecule has 2 aromatic rings. The second kappa shape index (κ2) is 6.00. The SMILES string of the molecule is Cc1[nH]c2cccc3c2c1C[C@@H]1C3=CC(C(=O)NC(C)CO)CN1C. The van der Waals surface area contributed by atoms with E-state index in [1.807, 2.05) is 6.92 Å². The molecule has 5 nitrogen and oxygen atoms in total. The van der Waals surface area contributed by atoms with Crippen LogP contribution in [0.1, 0.15) is 23.7 Å². The lowest BCUT2D eigenvalue weighted by molar-refractivity contribution is -0.125. The highest BCUT2D eigenvalue weighted by atomic mass is 16.3. The number of carbonyl (C=O) groups excluding carboxylic acids is 1. The van der Waals surface area contributed by atoms with Gasteiger partial charge in [0.1, 0.15) is 0 Å². The Morgan fingerprint density at radius 3 is 3.04 bits per heavy atom. The van der Waals surface area contributed by atoms with Crippen LogP contribution in [0.2, 0.25) is 0 Å². The predicted octanol–water partition coefficient (Wildman–Crippen LogP) is 1.84. The van der Waals surface area contributed by atoms with E-state index in [0.29, 0.717) is 12.6 Å². The largest absolute Gasteiger partial charge is 0.394 e. The van der Waals surface area contributed by atoms with Crippen LogP contribution in [0.5, 0.6) is 0 Å². The van der Waals surface area contributed by atoms with Crippen LogP contribution < -0.4 is 5.32 Å². The number of H-pyrrole nitrogens is 1. The maximum Gasteiger partial charge on any atom is 0.228 e. The van der Waals surface area contributed by atoms with Gasteiger partial charge in [0.05, 0.1) is 12.5 Å². The molecular formula is C20H25N3O2. The average Bonchev–Trinajstić information content (AvgIpc) is 2.92. The zero-order chi connectivity index (χ0) is 17.7. The Morgan fingerprint density at radius 2 is 2.28 bits per heavy atom. The standard InChI is InChI=1S/C20H25N3O2/c1-11(10-24)21-20(25)13-7-16-14-5-4-6-17-19(14)15(12(2)22-17)8-18(16)23(3)9-13/h4-7,11,13,18,22,24H,8-10H2,1-3H3,(H,21,25)/t11?,13?,18-/m1/s1. The quantitative estimate of drug-likeness (QED) is 0.799. The lowest BCUT2D eigenvalue weighted by atomic mass is 9.79. The van der Waals surface area contributed by atoms with Gasteiger partial charge in [0.2, 0.25) is 5.91 Å². The summed E-state index contributed by atoms with van der Waals surface area (Å²) >= 11 is 0.